The highest BCUT2D eigenvalue weighted by Gasteiger charge is 2.11. The molecule has 0 aliphatic rings. The molecule has 6 heterocycles. The molecule has 68 heavy (non-hydrogen) atoms. The van der Waals surface area contributed by atoms with Gasteiger partial charge in [0, 0.05) is 60.2 Å². The Balaban J connectivity index is 0. The summed E-state index contributed by atoms with van der Waals surface area (Å²) in [6, 6.07) is 35.3. The number of hydrogen-bond acceptors (Lipinski definition) is 9. The molecule has 9 nitrogen and oxygen atoms in total. The highest BCUT2D eigenvalue weighted by Crippen LogP contribution is 2.22. The van der Waals surface area contributed by atoms with E-state index in [1.54, 1.807) is 37.2 Å². The Morgan fingerprint density at radius 1 is 0.353 bits per heavy atom. The number of pyridine rings is 3. The minimum atomic E-state index is 0. The van der Waals surface area contributed by atoms with Gasteiger partial charge < -0.3 is 0 Å². The Hall–Kier alpha value is -6.61. The summed E-state index contributed by atoms with van der Waals surface area (Å²) < 4.78 is 0. The first-order valence-electron chi connectivity index (χ1n) is 21.5. The third-order valence-corrected chi connectivity index (χ3v) is 9.97. The Morgan fingerprint density at radius 2 is 0.824 bits per heavy atom. The van der Waals surface area contributed by atoms with E-state index in [2.05, 4.69) is 188 Å². The van der Waals surface area contributed by atoms with Gasteiger partial charge in [-0.3, -0.25) is 24.9 Å². The van der Waals surface area contributed by atoms with Gasteiger partial charge in [-0.15, -0.1) is 0 Å². The van der Waals surface area contributed by atoms with Crippen LogP contribution < -0.4 is 0 Å². The second kappa shape index (κ2) is 30.6. The fourth-order valence-corrected chi connectivity index (χ4v) is 6.06. The van der Waals surface area contributed by atoms with E-state index in [1.165, 1.54) is 27.8 Å². The summed E-state index contributed by atoms with van der Waals surface area (Å²) in [4.78, 5) is 38.3. The summed E-state index contributed by atoms with van der Waals surface area (Å²) in [6.45, 7) is 23.9. The molecular formula is C59H85N9. The summed E-state index contributed by atoms with van der Waals surface area (Å²) in [7, 11) is 0. The number of aromatic nitrogens is 9. The lowest BCUT2D eigenvalue weighted by molar-refractivity contribution is 0.590. The van der Waals surface area contributed by atoms with E-state index in [1.807, 2.05) is 42.6 Å². The predicted octanol–water partition coefficient (Wildman–Crippen LogP) is 17.2. The van der Waals surface area contributed by atoms with Crippen LogP contribution in [0, 0.1) is 0 Å². The smallest absolute Gasteiger partial charge is 0.178 e. The van der Waals surface area contributed by atoms with Crippen molar-refractivity contribution in [2.24, 2.45) is 0 Å². The molecule has 0 saturated heterocycles. The molecule has 0 amide bonds. The summed E-state index contributed by atoms with van der Waals surface area (Å²) in [5.41, 5.74) is 12.6. The molecule has 0 radical (unpaired) electrons. The molecular weight excluding hydrogens is 835 g/mol. The molecule has 0 atom stereocenters. The normalized spacial score (nSPS) is 10.1. The molecule has 9 aromatic rings. The number of fused-ring (bicyclic) bond motifs is 4. The lowest BCUT2D eigenvalue weighted by Crippen LogP contribution is -2.10. The van der Waals surface area contributed by atoms with Gasteiger partial charge in [0.2, 0.25) is 0 Å². The zero-order valence-electron chi connectivity index (χ0n) is 38.2. The Kier molecular flexibility index (Phi) is 28.6. The van der Waals surface area contributed by atoms with Crippen LogP contribution in [0.25, 0.3) is 44.3 Å². The molecule has 6 aromatic heterocycles. The highest BCUT2D eigenvalue weighted by atomic mass is 14.9. The van der Waals surface area contributed by atoms with Crippen molar-refractivity contribution in [3.8, 4) is 0 Å². The predicted molar refractivity (Wildman–Crippen MR) is 298 cm³/mol. The van der Waals surface area contributed by atoms with Crippen molar-refractivity contribution in [3.05, 3.63) is 175 Å². The van der Waals surface area contributed by atoms with Gasteiger partial charge in [0.15, 0.2) is 11.3 Å². The van der Waals surface area contributed by atoms with Crippen molar-refractivity contribution in [2.45, 2.75) is 150 Å². The topological polar surface area (TPSA) is 116 Å². The third kappa shape index (κ3) is 18.9. The van der Waals surface area contributed by atoms with Gasteiger partial charge in [0.25, 0.3) is 0 Å². The molecule has 366 valence electrons. The summed E-state index contributed by atoms with van der Waals surface area (Å²) in [5.74, 6) is 1.97. The molecule has 0 N–H and O–H groups in total. The van der Waals surface area contributed by atoms with Gasteiger partial charge in [0.1, 0.15) is 11.0 Å². The molecule has 0 unspecified atom stereocenters. The van der Waals surface area contributed by atoms with Crippen molar-refractivity contribution in [1.82, 2.24) is 44.9 Å². The van der Waals surface area contributed by atoms with E-state index >= 15 is 0 Å². The number of hydrogen-bond donors (Lipinski definition) is 0. The van der Waals surface area contributed by atoms with Gasteiger partial charge in [-0.2, -0.15) is 0 Å². The van der Waals surface area contributed by atoms with Crippen LogP contribution in [0.4, 0.5) is 0 Å². The van der Waals surface area contributed by atoms with Crippen LogP contribution in [0.15, 0.2) is 147 Å². The molecule has 0 bridgehead atoms. The van der Waals surface area contributed by atoms with Crippen molar-refractivity contribution in [1.29, 1.82) is 0 Å². The van der Waals surface area contributed by atoms with Crippen LogP contribution >= 0.6 is 0 Å². The second-order valence-electron chi connectivity index (χ2n) is 17.3. The molecule has 3 aromatic carbocycles. The van der Waals surface area contributed by atoms with Gasteiger partial charge in [-0.1, -0.05) is 181 Å². The molecule has 9 heteroatoms. The monoisotopic (exact) mass is 920 g/mol. The molecule has 0 fully saturated rings. The van der Waals surface area contributed by atoms with Crippen LogP contribution in [-0.2, 0) is 5.41 Å². The first-order valence-corrected chi connectivity index (χ1v) is 21.5. The van der Waals surface area contributed by atoms with Crippen LogP contribution in [0.5, 0.6) is 0 Å². The van der Waals surface area contributed by atoms with E-state index in [-0.39, 0.29) is 44.6 Å². The van der Waals surface area contributed by atoms with Gasteiger partial charge in [-0.05, 0) is 88.2 Å². The zero-order chi connectivity index (χ0) is 44.6. The van der Waals surface area contributed by atoms with E-state index in [0.717, 1.165) is 38.9 Å². The van der Waals surface area contributed by atoms with Crippen LogP contribution in [0.2, 0.25) is 0 Å². The largest absolute Gasteiger partial charge is 0.253 e. The fraction of sp³-hybridized carbons (Fsp3) is 0.373. The molecule has 0 aliphatic heterocycles. The average molecular weight is 920 g/mol. The fourth-order valence-electron chi connectivity index (χ4n) is 6.06. The third-order valence-electron chi connectivity index (χ3n) is 9.97. The van der Waals surface area contributed by atoms with Gasteiger partial charge in [-0.25, -0.2) is 19.9 Å². The van der Waals surface area contributed by atoms with Crippen molar-refractivity contribution in [2.75, 3.05) is 0 Å². The lowest BCUT2D eigenvalue weighted by atomic mass is 9.87. The first-order chi connectivity index (χ1) is 29.7. The Bertz CT molecular complexity index is 2430. The first kappa shape index (κ1) is 63.5. The molecule has 0 aliphatic carbocycles. The molecule has 9 rings (SSSR count). The van der Waals surface area contributed by atoms with Crippen LogP contribution in [0.3, 0.4) is 0 Å². The lowest BCUT2D eigenvalue weighted by Gasteiger charge is -2.18. The number of rotatable bonds is 4. The van der Waals surface area contributed by atoms with Crippen molar-refractivity contribution < 1.29 is 0 Å². The Labute approximate surface area is 411 Å². The Morgan fingerprint density at radius 3 is 1.40 bits per heavy atom. The average Bonchev–Trinajstić information content (AvgIpc) is 3.29. The van der Waals surface area contributed by atoms with Crippen molar-refractivity contribution in [3.63, 3.8) is 0 Å². The van der Waals surface area contributed by atoms with E-state index in [0.29, 0.717) is 34.7 Å². The second-order valence-corrected chi connectivity index (χ2v) is 17.3. The number of benzene rings is 3. The van der Waals surface area contributed by atoms with Crippen LogP contribution in [0.1, 0.15) is 172 Å². The number of para-hydroxylation sites is 1. The van der Waals surface area contributed by atoms with Crippen LogP contribution in [-0.4, -0.2) is 44.9 Å². The maximum absolute atomic E-state index is 4.57. The maximum Gasteiger partial charge on any atom is 0.178 e. The van der Waals surface area contributed by atoms with E-state index in [4.69, 9.17) is 0 Å². The van der Waals surface area contributed by atoms with E-state index in [9.17, 15) is 0 Å². The standard InChI is InChI=1S/C12H13N.C11H12N2.2C10H11N3.C10H14.6CH4/c1-9(2)11-8-7-10-5-3-4-6-12(10)13-11;1-8(2)9-3-4-10-11(7-9)13-6-5-12-10;1-7(2)8-5-9-10(13-6-8)12-4-3-11-9;1-7(2)8-3-4-9-10(13-8)12-6-5-11-9;1-10(2,3)9-7-5-4-6-8-9;;;;;;/h3-9H,1-2H3;3-8H,1-2H3;2*3-7H,1-2H3;4-8H,1-3H3;6*1H4. The van der Waals surface area contributed by atoms with Gasteiger partial charge >= 0.3 is 0 Å². The minimum absolute atomic E-state index is 0. The number of nitrogens with zero attached hydrogens (tertiary/aromatic N) is 9. The SMILES string of the molecule is C.C.C.C.C.C.CC(C)(C)c1ccccc1.CC(C)c1ccc2ccccc2n1.CC(C)c1ccc2nccnc2c1.CC(C)c1ccc2nccnc2n1.CC(C)c1cnc2nccnc2c1. The van der Waals surface area contributed by atoms with E-state index < -0.39 is 0 Å². The zero-order valence-corrected chi connectivity index (χ0v) is 38.2. The summed E-state index contributed by atoms with van der Waals surface area (Å²) in [6.07, 6.45) is 12.0. The minimum Gasteiger partial charge on any atom is -0.253 e. The molecule has 0 spiro atoms. The highest BCUT2D eigenvalue weighted by molar-refractivity contribution is 5.78. The van der Waals surface area contributed by atoms with Crippen molar-refractivity contribution >= 4 is 44.3 Å². The quantitative estimate of drug-likeness (QED) is 0.170. The molecule has 0 saturated carbocycles. The van der Waals surface area contributed by atoms with Gasteiger partial charge in [0.05, 0.1) is 16.6 Å². The maximum atomic E-state index is 4.57. The summed E-state index contributed by atoms with van der Waals surface area (Å²) >= 11 is 0. The summed E-state index contributed by atoms with van der Waals surface area (Å²) in [5, 5.41) is 1.21.